The van der Waals surface area contributed by atoms with Crippen LogP contribution in [0.1, 0.15) is 38.3 Å². The fraction of sp³-hybridized carbons (Fsp3) is 0.529. The number of aromatic nitrogens is 1. The second-order valence-electron chi connectivity index (χ2n) is 5.80. The minimum absolute atomic E-state index is 0.0614. The van der Waals surface area contributed by atoms with Gasteiger partial charge in [0, 0.05) is 18.7 Å². The van der Waals surface area contributed by atoms with Crippen LogP contribution >= 0.6 is 0 Å². The molecular formula is C17H22N2O4. The van der Waals surface area contributed by atoms with Crippen LogP contribution in [0.5, 0.6) is 0 Å². The molecule has 1 atom stereocenters. The van der Waals surface area contributed by atoms with Gasteiger partial charge in [0.2, 0.25) is 11.7 Å². The molecule has 0 bridgehead atoms. The third-order valence-electron chi connectivity index (χ3n) is 4.22. The number of carbonyl (C=O) groups is 1. The van der Waals surface area contributed by atoms with Crippen LogP contribution in [-0.2, 0) is 16.1 Å². The van der Waals surface area contributed by atoms with Crippen LogP contribution in [0.15, 0.2) is 33.4 Å². The molecule has 3 heterocycles. The van der Waals surface area contributed by atoms with Crippen LogP contribution in [0.3, 0.4) is 0 Å². The van der Waals surface area contributed by atoms with Gasteiger partial charge in [-0.1, -0.05) is 12.1 Å². The lowest BCUT2D eigenvalue weighted by molar-refractivity contribution is -0.140. The standard InChI is InChI=1S/C17H22N2O4/c1-2-14-6-3-4-8-19(14)17(20)12-21-11-13-10-16(23-18-13)15-7-5-9-22-15/h5,7,9-10,14H,2-4,6,8,11-12H2,1H3. The fourth-order valence-corrected chi connectivity index (χ4v) is 2.99. The van der Waals surface area contributed by atoms with E-state index in [-0.39, 0.29) is 19.1 Å². The van der Waals surface area contributed by atoms with E-state index in [2.05, 4.69) is 12.1 Å². The summed E-state index contributed by atoms with van der Waals surface area (Å²) in [5.41, 5.74) is 0.648. The first-order valence-corrected chi connectivity index (χ1v) is 8.14. The van der Waals surface area contributed by atoms with Crippen LogP contribution in [0.2, 0.25) is 0 Å². The molecule has 1 amide bonds. The third-order valence-corrected chi connectivity index (χ3v) is 4.22. The molecule has 2 aromatic rings. The normalized spacial score (nSPS) is 18.3. The van der Waals surface area contributed by atoms with Crippen LogP contribution in [-0.4, -0.2) is 35.2 Å². The van der Waals surface area contributed by atoms with Crippen molar-refractivity contribution in [2.45, 2.75) is 45.3 Å². The summed E-state index contributed by atoms with van der Waals surface area (Å²) < 4.78 is 16.0. The number of amides is 1. The van der Waals surface area contributed by atoms with Crippen molar-refractivity contribution in [1.82, 2.24) is 10.1 Å². The Kier molecular flexibility index (Phi) is 5.12. The highest BCUT2D eigenvalue weighted by Gasteiger charge is 2.25. The van der Waals surface area contributed by atoms with Gasteiger partial charge in [-0.05, 0) is 37.8 Å². The van der Waals surface area contributed by atoms with Crippen molar-refractivity contribution >= 4 is 5.91 Å². The zero-order valence-electron chi connectivity index (χ0n) is 13.4. The summed E-state index contributed by atoms with van der Waals surface area (Å²) in [5.74, 6) is 1.24. The van der Waals surface area contributed by atoms with Gasteiger partial charge in [0.25, 0.3) is 0 Å². The average molecular weight is 318 g/mol. The lowest BCUT2D eigenvalue weighted by atomic mass is 10.00. The zero-order valence-corrected chi connectivity index (χ0v) is 13.4. The van der Waals surface area contributed by atoms with Crippen molar-refractivity contribution < 1.29 is 18.5 Å². The molecule has 3 rings (SSSR count). The van der Waals surface area contributed by atoms with Crippen molar-refractivity contribution in [3.05, 3.63) is 30.2 Å². The van der Waals surface area contributed by atoms with E-state index < -0.39 is 0 Å². The lowest BCUT2D eigenvalue weighted by Gasteiger charge is -2.35. The first-order valence-electron chi connectivity index (χ1n) is 8.14. The van der Waals surface area contributed by atoms with Gasteiger partial charge in [-0.25, -0.2) is 0 Å². The van der Waals surface area contributed by atoms with Gasteiger partial charge in [-0.15, -0.1) is 0 Å². The maximum Gasteiger partial charge on any atom is 0.248 e. The molecule has 1 unspecified atom stereocenters. The van der Waals surface area contributed by atoms with Crippen molar-refractivity contribution in [2.75, 3.05) is 13.2 Å². The monoisotopic (exact) mass is 318 g/mol. The number of rotatable bonds is 6. The minimum atomic E-state index is 0.0614. The van der Waals surface area contributed by atoms with Gasteiger partial charge in [-0.2, -0.15) is 0 Å². The van der Waals surface area contributed by atoms with E-state index in [1.54, 1.807) is 24.5 Å². The molecule has 23 heavy (non-hydrogen) atoms. The van der Waals surface area contributed by atoms with Gasteiger partial charge >= 0.3 is 0 Å². The summed E-state index contributed by atoms with van der Waals surface area (Å²) in [6, 6.07) is 5.71. The summed E-state index contributed by atoms with van der Waals surface area (Å²) in [4.78, 5) is 14.3. The summed E-state index contributed by atoms with van der Waals surface area (Å²) >= 11 is 0. The SMILES string of the molecule is CCC1CCCCN1C(=O)COCc1cc(-c2ccco2)on1. The Hall–Kier alpha value is -2.08. The van der Waals surface area contributed by atoms with Gasteiger partial charge in [-0.3, -0.25) is 4.79 Å². The molecule has 0 saturated carbocycles. The van der Waals surface area contributed by atoms with E-state index >= 15 is 0 Å². The highest BCUT2D eigenvalue weighted by atomic mass is 16.5. The minimum Gasteiger partial charge on any atom is -0.461 e. The molecule has 1 fully saturated rings. The first kappa shape index (κ1) is 15.8. The van der Waals surface area contributed by atoms with E-state index in [1.807, 2.05) is 4.90 Å². The second-order valence-corrected chi connectivity index (χ2v) is 5.80. The molecule has 6 heteroatoms. The molecule has 1 aliphatic heterocycles. The Morgan fingerprint density at radius 3 is 3.13 bits per heavy atom. The molecule has 1 aliphatic rings. The molecule has 2 aromatic heterocycles. The van der Waals surface area contributed by atoms with Crippen molar-refractivity contribution in [2.24, 2.45) is 0 Å². The van der Waals surface area contributed by atoms with E-state index in [0.717, 1.165) is 25.8 Å². The van der Waals surface area contributed by atoms with Crippen LogP contribution in [0, 0.1) is 0 Å². The highest BCUT2D eigenvalue weighted by molar-refractivity contribution is 5.77. The summed E-state index contributed by atoms with van der Waals surface area (Å²) in [5, 5.41) is 3.93. The molecule has 0 radical (unpaired) electrons. The molecule has 1 saturated heterocycles. The number of carbonyl (C=O) groups excluding carboxylic acids is 1. The third kappa shape index (κ3) is 3.82. The Labute approximate surface area is 135 Å². The maximum atomic E-state index is 12.3. The topological polar surface area (TPSA) is 68.7 Å². The Morgan fingerprint density at radius 2 is 2.35 bits per heavy atom. The van der Waals surface area contributed by atoms with E-state index in [9.17, 15) is 4.79 Å². The summed E-state index contributed by atoms with van der Waals surface area (Å²) in [6.07, 6.45) is 5.96. The Morgan fingerprint density at radius 1 is 1.43 bits per heavy atom. The number of furan rings is 1. The van der Waals surface area contributed by atoms with Crippen LogP contribution in [0.4, 0.5) is 0 Å². The highest BCUT2D eigenvalue weighted by Crippen LogP contribution is 2.21. The maximum absolute atomic E-state index is 12.3. The quantitative estimate of drug-likeness (QED) is 0.818. The van der Waals surface area contributed by atoms with Crippen molar-refractivity contribution in [1.29, 1.82) is 0 Å². The van der Waals surface area contributed by atoms with E-state index in [0.29, 0.717) is 23.3 Å². The van der Waals surface area contributed by atoms with E-state index in [1.165, 1.54) is 6.42 Å². The number of nitrogens with zero attached hydrogens (tertiary/aromatic N) is 2. The summed E-state index contributed by atoms with van der Waals surface area (Å²) in [7, 11) is 0. The van der Waals surface area contributed by atoms with Crippen LogP contribution in [0.25, 0.3) is 11.5 Å². The van der Waals surface area contributed by atoms with E-state index in [4.69, 9.17) is 13.7 Å². The van der Waals surface area contributed by atoms with Gasteiger partial charge in [0.1, 0.15) is 12.3 Å². The summed E-state index contributed by atoms with van der Waals surface area (Å²) in [6.45, 7) is 3.30. The number of hydrogen-bond acceptors (Lipinski definition) is 5. The van der Waals surface area contributed by atoms with Crippen molar-refractivity contribution in [3.63, 3.8) is 0 Å². The van der Waals surface area contributed by atoms with Crippen molar-refractivity contribution in [3.8, 4) is 11.5 Å². The predicted molar refractivity (Wildman–Crippen MR) is 83.5 cm³/mol. The first-order chi connectivity index (χ1) is 11.3. The van der Waals surface area contributed by atoms with Gasteiger partial charge < -0.3 is 18.6 Å². The Balaban J connectivity index is 1.48. The molecule has 0 aliphatic carbocycles. The molecular weight excluding hydrogens is 296 g/mol. The molecule has 0 N–H and O–H groups in total. The lowest BCUT2D eigenvalue weighted by Crippen LogP contribution is -2.45. The molecule has 6 nitrogen and oxygen atoms in total. The Bertz CT molecular complexity index is 620. The average Bonchev–Trinajstić information content (AvgIpc) is 3.26. The molecule has 124 valence electrons. The molecule has 0 spiro atoms. The number of likely N-dealkylation sites (tertiary alicyclic amines) is 1. The number of piperidine rings is 1. The molecule has 0 aromatic carbocycles. The largest absolute Gasteiger partial charge is 0.461 e. The van der Waals surface area contributed by atoms with Gasteiger partial charge in [0.05, 0.1) is 12.9 Å². The smallest absolute Gasteiger partial charge is 0.248 e. The number of hydrogen-bond donors (Lipinski definition) is 0. The second kappa shape index (κ2) is 7.46. The predicted octanol–water partition coefficient (Wildman–Crippen LogP) is 3.24. The van der Waals surface area contributed by atoms with Crippen LogP contribution < -0.4 is 0 Å². The zero-order chi connectivity index (χ0) is 16.1. The fourth-order valence-electron chi connectivity index (χ4n) is 2.99. The number of ether oxygens (including phenoxy) is 1. The van der Waals surface area contributed by atoms with Gasteiger partial charge in [0.15, 0.2) is 5.76 Å².